The highest BCUT2D eigenvalue weighted by Crippen LogP contribution is 2.11. The van der Waals surface area contributed by atoms with Gasteiger partial charge in [0.05, 0.1) is 6.54 Å². The van der Waals surface area contributed by atoms with Gasteiger partial charge >= 0.3 is 0 Å². The van der Waals surface area contributed by atoms with Crippen LogP contribution in [0.1, 0.15) is 78.6 Å². The van der Waals surface area contributed by atoms with Crippen molar-refractivity contribution in [2.75, 3.05) is 18.4 Å². The van der Waals surface area contributed by atoms with Crippen LogP contribution in [0.25, 0.3) is 0 Å². The predicted octanol–water partition coefficient (Wildman–Crippen LogP) is 4.63. The van der Waals surface area contributed by atoms with E-state index >= 15 is 0 Å². The molecule has 0 saturated heterocycles. The molecule has 26 heavy (non-hydrogen) atoms. The quantitative estimate of drug-likeness (QED) is 0.488. The second kappa shape index (κ2) is 13.4. The number of carbonyl (C=O) groups is 2. The van der Waals surface area contributed by atoms with Crippen molar-refractivity contribution in [1.82, 2.24) is 10.1 Å². The molecule has 0 fully saturated rings. The number of nitrogens with one attached hydrogen (secondary N) is 1. The normalized spacial score (nSPS) is 10.9. The zero-order valence-corrected chi connectivity index (χ0v) is 16.6. The van der Waals surface area contributed by atoms with Crippen LogP contribution in [0, 0.1) is 5.92 Å². The molecule has 1 N–H and O–H groups in total. The highest BCUT2D eigenvalue weighted by Gasteiger charge is 2.17. The zero-order chi connectivity index (χ0) is 19.2. The summed E-state index contributed by atoms with van der Waals surface area (Å²) < 4.78 is 4.70. The van der Waals surface area contributed by atoms with Crippen molar-refractivity contribution in [3.05, 3.63) is 12.3 Å². The molecule has 0 bridgehead atoms. The average molecular weight is 366 g/mol. The first-order valence-electron chi connectivity index (χ1n) is 10.0. The van der Waals surface area contributed by atoms with E-state index in [1.807, 2.05) is 0 Å². The predicted molar refractivity (Wildman–Crippen MR) is 104 cm³/mol. The second-order valence-corrected chi connectivity index (χ2v) is 7.30. The van der Waals surface area contributed by atoms with Gasteiger partial charge in [0, 0.05) is 19.0 Å². The minimum Gasteiger partial charge on any atom is -0.363 e. The maximum Gasteiger partial charge on any atom is 0.245 e. The van der Waals surface area contributed by atoms with Crippen molar-refractivity contribution < 1.29 is 14.1 Å². The van der Waals surface area contributed by atoms with Crippen LogP contribution in [0.2, 0.25) is 0 Å². The number of hydrogen-bond acceptors (Lipinski definition) is 4. The Hall–Kier alpha value is -1.85. The summed E-state index contributed by atoms with van der Waals surface area (Å²) in [5.74, 6) is 0.686. The highest BCUT2D eigenvalue weighted by molar-refractivity contribution is 5.93. The molecule has 0 saturated carbocycles. The molecule has 1 aromatic heterocycles. The molecule has 0 aliphatic heterocycles. The summed E-state index contributed by atoms with van der Waals surface area (Å²) in [6.45, 7) is 7.13. The molecule has 1 heterocycles. The van der Waals surface area contributed by atoms with Crippen LogP contribution in [0.3, 0.4) is 0 Å². The zero-order valence-electron chi connectivity index (χ0n) is 16.6. The second-order valence-electron chi connectivity index (χ2n) is 7.30. The molecule has 6 heteroatoms. The summed E-state index contributed by atoms with van der Waals surface area (Å²) in [7, 11) is 0. The van der Waals surface area contributed by atoms with Crippen molar-refractivity contribution in [2.24, 2.45) is 5.92 Å². The first-order chi connectivity index (χ1) is 12.5. The molecule has 0 atom stereocenters. The number of anilines is 1. The van der Waals surface area contributed by atoms with E-state index in [1.54, 1.807) is 11.0 Å². The van der Waals surface area contributed by atoms with Crippen molar-refractivity contribution in [3.8, 4) is 0 Å². The fourth-order valence-electron chi connectivity index (χ4n) is 2.73. The van der Waals surface area contributed by atoms with Gasteiger partial charge in [0.25, 0.3) is 0 Å². The SMILES string of the molecule is CCCCCCCCCC(=O)N(CCC(C)C)CC(=O)Nc1ccon1. The summed E-state index contributed by atoms with van der Waals surface area (Å²) >= 11 is 0. The molecule has 0 radical (unpaired) electrons. The van der Waals surface area contributed by atoms with Crippen LogP contribution in [0.5, 0.6) is 0 Å². The molecular weight excluding hydrogens is 330 g/mol. The van der Waals surface area contributed by atoms with Gasteiger partial charge in [0.1, 0.15) is 6.26 Å². The lowest BCUT2D eigenvalue weighted by Crippen LogP contribution is -2.39. The lowest BCUT2D eigenvalue weighted by molar-refractivity contribution is -0.135. The van der Waals surface area contributed by atoms with E-state index in [4.69, 9.17) is 4.52 Å². The highest BCUT2D eigenvalue weighted by atomic mass is 16.5. The van der Waals surface area contributed by atoms with Crippen LogP contribution in [-0.4, -0.2) is 35.0 Å². The van der Waals surface area contributed by atoms with Gasteiger partial charge in [-0.25, -0.2) is 0 Å². The van der Waals surface area contributed by atoms with E-state index in [0.717, 1.165) is 19.3 Å². The number of nitrogens with zero attached hydrogens (tertiary/aromatic N) is 2. The summed E-state index contributed by atoms with van der Waals surface area (Å²) in [4.78, 5) is 26.4. The Morgan fingerprint density at radius 3 is 2.46 bits per heavy atom. The lowest BCUT2D eigenvalue weighted by atomic mass is 10.1. The number of unbranched alkanes of at least 4 members (excludes halogenated alkanes) is 6. The van der Waals surface area contributed by atoms with E-state index in [0.29, 0.717) is 24.7 Å². The summed E-state index contributed by atoms with van der Waals surface area (Å²) in [5.41, 5.74) is 0. The standard InChI is InChI=1S/C20H35N3O3/c1-4-5-6-7-8-9-10-11-20(25)23(14-12-17(2)3)16-19(24)21-18-13-15-26-22-18/h13,15,17H,4-12,14,16H2,1-3H3,(H,21,22,24). The number of rotatable bonds is 14. The molecule has 1 rings (SSSR count). The van der Waals surface area contributed by atoms with E-state index < -0.39 is 0 Å². The Morgan fingerprint density at radius 2 is 1.85 bits per heavy atom. The van der Waals surface area contributed by atoms with Crippen LogP contribution in [-0.2, 0) is 9.59 Å². The third-order valence-corrected chi connectivity index (χ3v) is 4.36. The Kier molecular flexibility index (Phi) is 11.4. The minimum absolute atomic E-state index is 0.0644. The summed E-state index contributed by atoms with van der Waals surface area (Å²) in [5, 5.41) is 6.32. The average Bonchev–Trinajstić information content (AvgIpc) is 3.10. The third kappa shape index (κ3) is 10.2. The number of aromatic nitrogens is 1. The maximum atomic E-state index is 12.5. The number of amides is 2. The molecule has 148 valence electrons. The van der Waals surface area contributed by atoms with Gasteiger partial charge in [-0.1, -0.05) is 64.5 Å². The first-order valence-corrected chi connectivity index (χ1v) is 10.0. The van der Waals surface area contributed by atoms with Gasteiger partial charge in [-0.05, 0) is 18.8 Å². The molecule has 0 aliphatic carbocycles. The largest absolute Gasteiger partial charge is 0.363 e. The fourth-order valence-corrected chi connectivity index (χ4v) is 2.73. The van der Waals surface area contributed by atoms with Gasteiger partial charge in [-0.3, -0.25) is 9.59 Å². The van der Waals surface area contributed by atoms with E-state index in [-0.39, 0.29) is 18.4 Å². The van der Waals surface area contributed by atoms with Crippen LogP contribution >= 0.6 is 0 Å². The maximum absolute atomic E-state index is 12.5. The first kappa shape index (κ1) is 22.2. The van der Waals surface area contributed by atoms with Gasteiger partial charge in [-0.15, -0.1) is 0 Å². The van der Waals surface area contributed by atoms with Crippen LogP contribution < -0.4 is 5.32 Å². The Labute approximate surface area is 157 Å². The monoisotopic (exact) mass is 365 g/mol. The molecule has 0 aromatic carbocycles. The summed E-state index contributed by atoms with van der Waals surface area (Å²) in [6, 6.07) is 1.58. The van der Waals surface area contributed by atoms with Gasteiger partial charge < -0.3 is 14.7 Å². The van der Waals surface area contributed by atoms with E-state index in [1.165, 1.54) is 38.4 Å². The Morgan fingerprint density at radius 1 is 1.15 bits per heavy atom. The van der Waals surface area contributed by atoms with Gasteiger partial charge in [0.2, 0.25) is 11.8 Å². The van der Waals surface area contributed by atoms with Crippen molar-refractivity contribution in [2.45, 2.75) is 78.6 Å². The number of carbonyl (C=O) groups excluding carboxylic acids is 2. The van der Waals surface area contributed by atoms with E-state index in [2.05, 4.69) is 31.2 Å². The molecule has 0 spiro atoms. The summed E-state index contributed by atoms with van der Waals surface area (Å²) in [6.07, 6.45) is 11.0. The van der Waals surface area contributed by atoms with Crippen molar-refractivity contribution in [3.63, 3.8) is 0 Å². The lowest BCUT2D eigenvalue weighted by Gasteiger charge is -2.23. The van der Waals surface area contributed by atoms with E-state index in [9.17, 15) is 9.59 Å². The topological polar surface area (TPSA) is 75.4 Å². The van der Waals surface area contributed by atoms with Gasteiger partial charge in [-0.2, -0.15) is 0 Å². The minimum atomic E-state index is -0.240. The molecule has 0 aliphatic rings. The fraction of sp³-hybridized carbons (Fsp3) is 0.750. The molecule has 6 nitrogen and oxygen atoms in total. The Bertz CT molecular complexity index is 500. The molecule has 0 unspecified atom stereocenters. The van der Waals surface area contributed by atoms with Crippen molar-refractivity contribution in [1.29, 1.82) is 0 Å². The molecule has 1 aromatic rings. The van der Waals surface area contributed by atoms with Crippen molar-refractivity contribution >= 4 is 17.6 Å². The van der Waals surface area contributed by atoms with Crippen LogP contribution in [0.4, 0.5) is 5.82 Å². The number of hydrogen-bond donors (Lipinski definition) is 1. The Balaban J connectivity index is 2.37. The third-order valence-electron chi connectivity index (χ3n) is 4.36. The molecule has 2 amide bonds. The van der Waals surface area contributed by atoms with Gasteiger partial charge in [0.15, 0.2) is 5.82 Å². The van der Waals surface area contributed by atoms with Crippen LogP contribution in [0.15, 0.2) is 16.9 Å². The smallest absolute Gasteiger partial charge is 0.245 e. The molecular formula is C20H35N3O3.